The average molecular weight is 362 g/mol. The van der Waals surface area contributed by atoms with Crippen LogP contribution in [0, 0.1) is 13.8 Å². The predicted molar refractivity (Wildman–Crippen MR) is 100 cm³/mol. The number of nitrogens with zero attached hydrogens (tertiary/aromatic N) is 2. The summed E-state index contributed by atoms with van der Waals surface area (Å²) in [6, 6.07) is 7.01. The molecule has 1 amide bonds. The molecular weight excluding hydrogens is 338 g/mol. The highest BCUT2D eigenvalue weighted by Crippen LogP contribution is 2.21. The van der Waals surface area contributed by atoms with Gasteiger partial charge in [-0.3, -0.25) is 9.59 Å². The summed E-state index contributed by atoms with van der Waals surface area (Å²) in [5, 5.41) is 7.55. The fraction of sp³-hybridized carbons (Fsp3) is 0.421. The van der Waals surface area contributed by atoms with Crippen LogP contribution in [0.3, 0.4) is 0 Å². The van der Waals surface area contributed by atoms with E-state index in [1.54, 1.807) is 24.3 Å². The molecule has 0 aliphatic rings. The first-order valence-electron chi connectivity index (χ1n) is 8.56. The van der Waals surface area contributed by atoms with Crippen molar-refractivity contribution in [2.45, 2.75) is 52.9 Å². The second kappa shape index (κ2) is 8.81. The Kier molecular flexibility index (Phi) is 6.76. The van der Waals surface area contributed by atoms with E-state index in [-0.39, 0.29) is 24.7 Å². The van der Waals surface area contributed by atoms with E-state index in [2.05, 4.69) is 17.3 Å². The van der Waals surface area contributed by atoms with Crippen LogP contribution >= 0.6 is 11.6 Å². The van der Waals surface area contributed by atoms with Gasteiger partial charge in [0.1, 0.15) is 0 Å². The summed E-state index contributed by atoms with van der Waals surface area (Å²) in [6.07, 6.45) is 3.29. The van der Waals surface area contributed by atoms with Crippen molar-refractivity contribution in [2.75, 3.05) is 5.32 Å². The average Bonchev–Trinajstić information content (AvgIpc) is 2.87. The summed E-state index contributed by atoms with van der Waals surface area (Å²) in [4.78, 5) is 24.5. The molecular formula is C19H24ClN3O2. The number of carbonyl (C=O) groups is 2. The van der Waals surface area contributed by atoms with Gasteiger partial charge in [0.05, 0.1) is 16.4 Å². The number of rotatable bonds is 7. The standard InChI is InChI=1S/C19H24ClN3O2/c1-4-5-8-15-13(2)22-23(14(15)3)19(25)12-11-18(24)21-17-10-7-6-9-16(17)20/h6-7,9-10H,4-5,8,11-12H2,1-3H3,(H,21,24). The van der Waals surface area contributed by atoms with Crippen molar-refractivity contribution in [2.24, 2.45) is 0 Å². The second-order valence-electron chi connectivity index (χ2n) is 6.09. The molecule has 2 aromatic rings. The maximum Gasteiger partial charge on any atom is 0.247 e. The highest BCUT2D eigenvalue weighted by molar-refractivity contribution is 6.33. The van der Waals surface area contributed by atoms with Gasteiger partial charge in [0.15, 0.2) is 0 Å². The number of aryl methyl sites for hydroxylation is 1. The summed E-state index contributed by atoms with van der Waals surface area (Å²) < 4.78 is 1.43. The van der Waals surface area contributed by atoms with Crippen LogP contribution < -0.4 is 5.32 Å². The summed E-state index contributed by atoms with van der Waals surface area (Å²) >= 11 is 6.01. The van der Waals surface area contributed by atoms with Crippen LogP contribution in [0.1, 0.15) is 54.4 Å². The summed E-state index contributed by atoms with van der Waals surface area (Å²) in [5.41, 5.74) is 3.45. The lowest BCUT2D eigenvalue weighted by Crippen LogP contribution is -2.18. The minimum atomic E-state index is -0.241. The molecule has 0 radical (unpaired) electrons. The predicted octanol–water partition coefficient (Wildman–Crippen LogP) is 4.56. The van der Waals surface area contributed by atoms with Crippen LogP contribution in [0.4, 0.5) is 5.69 Å². The third-order valence-corrected chi connectivity index (χ3v) is 4.50. The fourth-order valence-corrected chi connectivity index (χ4v) is 2.92. The number of halogens is 1. The molecule has 0 saturated heterocycles. The van der Waals surface area contributed by atoms with Crippen molar-refractivity contribution in [3.63, 3.8) is 0 Å². The molecule has 6 heteroatoms. The molecule has 0 fully saturated rings. The monoisotopic (exact) mass is 361 g/mol. The third-order valence-electron chi connectivity index (χ3n) is 4.17. The Labute approximate surface area is 153 Å². The van der Waals surface area contributed by atoms with E-state index >= 15 is 0 Å². The minimum Gasteiger partial charge on any atom is -0.325 e. The number of anilines is 1. The van der Waals surface area contributed by atoms with E-state index in [4.69, 9.17) is 11.6 Å². The van der Waals surface area contributed by atoms with Crippen molar-refractivity contribution in [3.05, 3.63) is 46.2 Å². The van der Waals surface area contributed by atoms with Gasteiger partial charge in [-0.2, -0.15) is 5.10 Å². The van der Waals surface area contributed by atoms with Crippen molar-refractivity contribution in [1.82, 2.24) is 9.78 Å². The lowest BCUT2D eigenvalue weighted by atomic mass is 10.1. The van der Waals surface area contributed by atoms with E-state index in [9.17, 15) is 9.59 Å². The highest BCUT2D eigenvalue weighted by atomic mass is 35.5. The molecule has 0 saturated carbocycles. The fourth-order valence-electron chi connectivity index (χ4n) is 2.73. The van der Waals surface area contributed by atoms with Crippen LogP contribution in [-0.2, 0) is 11.2 Å². The number of para-hydroxylation sites is 1. The normalized spacial score (nSPS) is 10.7. The van der Waals surface area contributed by atoms with Crippen LogP contribution in [0.5, 0.6) is 0 Å². The summed E-state index contributed by atoms with van der Waals surface area (Å²) in [6.45, 7) is 5.97. The Morgan fingerprint density at radius 1 is 1.20 bits per heavy atom. The van der Waals surface area contributed by atoms with E-state index in [1.807, 2.05) is 13.8 Å². The summed E-state index contributed by atoms with van der Waals surface area (Å²) in [7, 11) is 0. The Balaban J connectivity index is 1.96. The molecule has 0 aliphatic heterocycles. The molecule has 0 bridgehead atoms. The van der Waals surface area contributed by atoms with Gasteiger partial charge >= 0.3 is 0 Å². The third kappa shape index (κ3) is 4.92. The Hall–Kier alpha value is -2.14. The van der Waals surface area contributed by atoms with Crippen LogP contribution in [0.15, 0.2) is 24.3 Å². The molecule has 1 heterocycles. The first-order valence-corrected chi connectivity index (χ1v) is 8.94. The van der Waals surface area contributed by atoms with Gasteiger partial charge in [0.25, 0.3) is 0 Å². The van der Waals surface area contributed by atoms with Gasteiger partial charge in [-0.1, -0.05) is 37.1 Å². The van der Waals surface area contributed by atoms with Gasteiger partial charge in [-0.25, -0.2) is 4.68 Å². The lowest BCUT2D eigenvalue weighted by molar-refractivity contribution is -0.116. The quantitative estimate of drug-likeness (QED) is 0.786. The maximum absolute atomic E-state index is 12.4. The first-order chi connectivity index (χ1) is 11.9. The largest absolute Gasteiger partial charge is 0.325 e. The second-order valence-corrected chi connectivity index (χ2v) is 6.49. The van der Waals surface area contributed by atoms with Crippen LogP contribution in [-0.4, -0.2) is 21.6 Å². The zero-order valence-corrected chi connectivity index (χ0v) is 15.7. The lowest BCUT2D eigenvalue weighted by Gasteiger charge is -2.07. The van der Waals surface area contributed by atoms with Gasteiger partial charge < -0.3 is 5.32 Å². The highest BCUT2D eigenvalue weighted by Gasteiger charge is 2.17. The smallest absolute Gasteiger partial charge is 0.247 e. The van der Waals surface area contributed by atoms with Gasteiger partial charge in [-0.15, -0.1) is 0 Å². The zero-order valence-electron chi connectivity index (χ0n) is 14.9. The zero-order chi connectivity index (χ0) is 18.4. The Bertz CT molecular complexity index is 768. The number of nitrogens with one attached hydrogen (secondary N) is 1. The van der Waals surface area contributed by atoms with Crippen LogP contribution in [0.2, 0.25) is 5.02 Å². The Morgan fingerprint density at radius 2 is 1.92 bits per heavy atom. The first kappa shape index (κ1) is 19.2. The van der Waals surface area contributed by atoms with Crippen molar-refractivity contribution in [1.29, 1.82) is 0 Å². The van der Waals surface area contributed by atoms with E-state index in [0.717, 1.165) is 36.2 Å². The molecule has 1 N–H and O–H groups in total. The minimum absolute atomic E-state index is 0.0900. The van der Waals surface area contributed by atoms with E-state index in [0.29, 0.717) is 10.7 Å². The molecule has 25 heavy (non-hydrogen) atoms. The molecule has 2 rings (SSSR count). The molecule has 134 valence electrons. The van der Waals surface area contributed by atoms with Crippen molar-refractivity contribution < 1.29 is 9.59 Å². The van der Waals surface area contributed by atoms with Gasteiger partial charge in [0.2, 0.25) is 11.8 Å². The Morgan fingerprint density at radius 3 is 2.60 bits per heavy atom. The topological polar surface area (TPSA) is 64.0 Å². The number of benzene rings is 1. The molecule has 0 unspecified atom stereocenters. The number of carbonyl (C=O) groups excluding carboxylic acids is 2. The molecule has 0 spiro atoms. The number of aromatic nitrogens is 2. The van der Waals surface area contributed by atoms with Crippen LogP contribution in [0.25, 0.3) is 0 Å². The molecule has 5 nitrogen and oxygen atoms in total. The molecule has 0 aliphatic carbocycles. The van der Waals surface area contributed by atoms with Crippen molar-refractivity contribution in [3.8, 4) is 0 Å². The van der Waals surface area contributed by atoms with Crippen molar-refractivity contribution >= 4 is 29.1 Å². The maximum atomic E-state index is 12.4. The van der Waals surface area contributed by atoms with Gasteiger partial charge in [-0.05, 0) is 44.4 Å². The summed E-state index contributed by atoms with van der Waals surface area (Å²) in [5.74, 6) is -0.410. The number of hydrogen-bond acceptors (Lipinski definition) is 3. The van der Waals surface area contributed by atoms with Gasteiger partial charge in [0, 0.05) is 18.5 Å². The number of unbranched alkanes of at least 4 members (excludes halogenated alkanes) is 1. The number of amides is 1. The molecule has 1 aromatic carbocycles. The SMILES string of the molecule is CCCCc1c(C)nn(C(=O)CCC(=O)Nc2ccccc2Cl)c1C. The number of hydrogen-bond donors (Lipinski definition) is 1. The molecule has 1 aromatic heterocycles. The molecule has 0 atom stereocenters. The van der Waals surface area contributed by atoms with E-state index in [1.165, 1.54) is 4.68 Å². The van der Waals surface area contributed by atoms with E-state index < -0.39 is 0 Å².